The Labute approximate surface area is 77.5 Å². The van der Waals surface area contributed by atoms with Crippen LogP contribution >= 0.6 is 27.7 Å². The van der Waals surface area contributed by atoms with Crippen LogP contribution in [0.5, 0.6) is 0 Å². The van der Waals surface area contributed by atoms with Crippen molar-refractivity contribution in [2.45, 2.75) is 4.90 Å². The van der Waals surface area contributed by atoms with Gasteiger partial charge in [0, 0.05) is 15.1 Å². The third-order valence-electron chi connectivity index (χ3n) is 1.11. The topological polar surface area (TPSA) is 49.8 Å². The van der Waals surface area contributed by atoms with Gasteiger partial charge < -0.3 is 5.73 Å². The maximum atomic E-state index is 8.37. The molecule has 0 fully saturated rings. The number of nitrogens with two attached hydrogens (primary N) is 1. The lowest BCUT2D eigenvalue weighted by molar-refractivity contribution is 1.41. The summed E-state index contributed by atoms with van der Waals surface area (Å²) in [6.07, 6.45) is 0. The van der Waals surface area contributed by atoms with Crippen molar-refractivity contribution in [3.05, 3.63) is 22.7 Å². The highest BCUT2D eigenvalue weighted by Gasteiger charge is 1.98. The van der Waals surface area contributed by atoms with E-state index in [4.69, 9.17) is 11.0 Å². The molecule has 0 saturated heterocycles. The van der Waals surface area contributed by atoms with E-state index >= 15 is 0 Å². The molecule has 0 aliphatic rings. The monoisotopic (exact) mass is 228 g/mol. The lowest BCUT2D eigenvalue weighted by Crippen LogP contribution is -1.83. The van der Waals surface area contributed by atoms with Gasteiger partial charge in [-0.1, -0.05) is 0 Å². The summed E-state index contributed by atoms with van der Waals surface area (Å²) in [4.78, 5) is 0.890. The zero-order valence-electron chi connectivity index (χ0n) is 5.54. The number of hydrogen-bond donors (Lipinski definition) is 1. The first-order chi connectivity index (χ1) is 5.24. The first-order valence-corrected chi connectivity index (χ1v) is 4.46. The Bertz CT molecular complexity index is 306. The molecule has 0 bridgehead atoms. The van der Waals surface area contributed by atoms with Crippen LogP contribution in [0, 0.1) is 10.7 Å². The van der Waals surface area contributed by atoms with Gasteiger partial charge in [-0.15, -0.1) is 0 Å². The van der Waals surface area contributed by atoms with Crippen LogP contribution in [0.1, 0.15) is 0 Å². The quantitative estimate of drug-likeness (QED) is 0.457. The molecule has 11 heavy (non-hydrogen) atoms. The number of hydrogen-bond acceptors (Lipinski definition) is 3. The molecule has 1 aromatic carbocycles. The average molecular weight is 229 g/mol. The molecule has 0 unspecified atom stereocenters. The summed E-state index contributed by atoms with van der Waals surface area (Å²) in [6.45, 7) is 0. The van der Waals surface area contributed by atoms with E-state index in [9.17, 15) is 0 Å². The van der Waals surface area contributed by atoms with Crippen molar-refractivity contribution in [1.82, 2.24) is 0 Å². The van der Waals surface area contributed by atoms with Crippen LogP contribution in [0.3, 0.4) is 0 Å². The van der Waals surface area contributed by atoms with E-state index in [0.717, 1.165) is 21.1 Å². The van der Waals surface area contributed by atoms with Crippen molar-refractivity contribution in [1.29, 1.82) is 5.26 Å². The molecule has 0 radical (unpaired) electrons. The number of thiocyanates is 1. The van der Waals surface area contributed by atoms with Gasteiger partial charge in [0.15, 0.2) is 0 Å². The Morgan fingerprint density at radius 2 is 2.27 bits per heavy atom. The minimum absolute atomic E-state index is 0.694. The SMILES string of the molecule is N#CSc1ccc(N)cc1Br. The van der Waals surface area contributed by atoms with Gasteiger partial charge in [0.2, 0.25) is 0 Å². The van der Waals surface area contributed by atoms with Crippen LogP contribution in [0.25, 0.3) is 0 Å². The van der Waals surface area contributed by atoms with Crippen molar-refractivity contribution >= 4 is 33.4 Å². The van der Waals surface area contributed by atoms with Crippen LogP contribution in [-0.4, -0.2) is 0 Å². The molecule has 1 aromatic rings. The van der Waals surface area contributed by atoms with Crippen LogP contribution in [0.2, 0.25) is 0 Å². The fourth-order valence-corrected chi connectivity index (χ4v) is 1.68. The smallest absolute Gasteiger partial charge is 0.138 e. The first-order valence-electron chi connectivity index (χ1n) is 2.85. The van der Waals surface area contributed by atoms with Gasteiger partial charge in [-0.3, -0.25) is 0 Å². The highest BCUT2D eigenvalue weighted by Crippen LogP contribution is 2.28. The van der Waals surface area contributed by atoms with Gasteiger partial charge in [0.1, 0.15) is 5.40 Å². The highest BCUT2D eigenvalue weighted by molar-refractivity contribution is 9.10. The van der Waals surface area contributed by atoms with E-state index in [1.165, 1.54) is 0 Å². The zero-order chi connectivity index (χ0) is 8.27. The minimum Gasteiger partial charge on any atom is -0.399 e. The van der Waals surface area contributed by atoms with E-state index in [2.05, 4.69) is 15.9 Å². The van der Waals surface area contributed by atoms with E-state index < -0.39 is 0 Å². The maximum Gasteiger partial charge on any atom is 0.138 e. The summed E-state index contributed by atoms with van der Waals surface area (Å²) in [5.74, 6) is 0. The van der Waals surface area contributed by atoms with Crippen LogP contribution in [0.4, 0.5) is 5.69 Å². The molecule has 0 heterocycles. The summed E-state index contributed by atoms with van der Waals surface area (Å²) < 4.78 is 0.865. The minimum atomic E-state index is 0.694. The van der Waals surface area contributed by atoms with E-state index in [1.54, 1.807) is 12.1 Å². The number of rotatable bonds is 1. The summed E-state index contributed by atoms with van der Waals surface area (Å²) in [6, 6.07) is 5.36. The molecule has 0 spiro atoms. The van der Waals surface area contributed by atoms with Gasteiger partial charge in [-0.2, -0.15) is 5.26 Å². The van der Waals surface area contributed by atoms with Gasteiger partial charge in [0.25, 0.3) is 0 Å². The van der Waals surface area contributed by atoms with Gasteiger partial charge in [-0.25, -0.2) is 0 Å². The van der Waals surface area contributed by atoms with E-state index in [1.807, 2.05) is 11.5 Å². The molecular formula is C7H5BrN2S. The lowest BCUT2D eigenvalue weighted by Gasteiger charge is -1.98. The van der Waals surface area contributed by atoms with Crippen LogP contribution in [0.15, 0.2) is 27.6 Å². The van der Waals surface area contributed by atoms with Crippen LogP contribution in [-0.2, 0) is 0 Å². The predicted molar refractivity (Wildman–Crippen MR) is 50.0 cm³/mol. The fraction of sp³-hybridized carbons (Fsp3) is 0. The number of nitrogen functional groups attached to an aromatic ring is 1. The summed E-state index contributed by atoms with van der Waals surface area (Å²) >= 11 is 4.41. The normalized spacial score (nSPS) is 9.09. The summed E-state index contributed by atoms with van der Waals surface area (Å²) in [5.41, 5.74) is 6.20. The Morgan fingerprint density at radius 3 is 2.82 bits per heavy atom. The molecule has 0 aliphatic carbocycles. The molecule has 0 aliphatic heterocycles. The molecule has 1 rings (SSSR count). The first kappa shape index (κ1) is 8.44. The standard InChI is InChI=1S/C7H5BrN2S/c8-6-3-5(10)1-2-7(6)11-4-9/h1-3H,10H2. The third-order valence-corrected chi connectivity index (χ3v) is 2.70. The summed E-state index contributed by atoms with van der Waals surface area (Å²) in [7, 11) is 0. The highest BCUT2D eigenvalue weighted by atomic mass is 79.9. The maximum absolute atomic E-state index is 8.37. The van der Waals surface area contributed by atoms with E-state index in [-0.39, 0.29) is 0 Å². The molecule has 0 aromatic heterocycles. The molecule has 56 valence electrons. The number of thioether (sulfide) groups is 1. The van der Waals surface area contributed by atoms with Crippen LogP contribution < -0.4 is 5.73 Å². The molecule has 4 heteroatoms. The van der Waals surface area contributed by atoms with Crippen molar-refractivity contribution < 1.29 is 0 Å². The van der Waals surface area contributed by atoms with Crippen molar-refractivity contribution in [2.24, 2.45) is 0 Å². The molecule has 2 N–H and O–H groups in total. The molecule has 0 amide bonds. The largest absolute Gasteiger partial charge is 0.399 e. The average Bonchev–Trinajstić information content (AvgIpc) is 1.95. The molecular weight excluding hydrogens is 224 g/mol. The van der Waals surface area contributed by atoms with Gasteiger partial charge >= 0.3 is 0 Å². The molecule has 0 atom stereocenters. The number of nitrogens with zero attached hydrogens (tertiary/aromatic N) is 1. The Hall–Kier alpha value is -0.660. The lowest BCUT2D eigenvalue weighted by atomic mass is 10.3. The fourth-order valence-electron chi connectivity index (χ4n) is 0.649. The Balaban J connectivity index is 3.01. The third kappa shape index (κ3) is 2.14. The number of halogens is 1. The molecule has 2 nitrogen and oxygen atoms in total. The van der Waals surface area contributed by atoms with Gasteiger partial charge in [0.05, 0.1) is 0 Å². The second-order valence-electron chi connectivity index (χ2n) is 1.88. The second-order valence-corrected chi connectivity index (χ2v) is 3.56. The number of benzene rings is 1. The van der Waals surface area contributed by atoms with Crippen molar-refractivity contribution in [2.75, 3.05) is 5.73 Å². The summed E-state index contributed by atoms with van der Waals surface area (Å²) in [5, 5.41) is 10.4. The Morgan fingerprint density at radius 1 is 1.55 bits per heavy atom. The Kier molecular flexibility index (Phi) is 2.80. The van der Waals surface area contributed by atoms with Crippen molar-refractivity contribution in [3.8, 4) is 5.40 Å². The second kappa shape index (κ2) is 3.65. The van der Waals surface area contributed by atoms with Crippen molar-refractivity contribution in [3.63, 3.8) is 0 Å². The van der Waals surface area contributed by atoms with Gasteiger partial charge in [-0.05, 0) is 45.9 Å². The number of nitriles is 1. The predicted octanol–water partition coefficient (Wildman–Crippen LogP) is 2.60. The van der Waals surface area contributed by atoms with E-state index in [0.29, 0.717) is 5.69 Å². The number of anilines is 1. The zero-order valence-corrected chi connectivity index (χ0v) is 7.95. The molecule has 0 saturated carbocycles.